The SMILES string of the molecule is Cc1cc(C(=O)N(C)CCCN(C)C)cnc1N1CCN(c2cc(-c3ccc(F)cc3)nc(N3CCCC3C)n2)CC1. The van der Waals surface area contributed by atoms with Gasteiger partial charge < -0.3 is 24.5 Å². The second-order valence-corrected chi connectivity index (χ2v) is 11.8. The van der Waals surface area contributed by atoms with Crippen LogP contribution in [0.25, 0.3) is 11.3 Å². The number of piperazine rings is 1. The van der Waals surface area contributed by atoms with Crippen molar-refractivity contribution < 1.29 is 9.18 Å². The molecule has 0 radical (unpaired) electrons. The number of carbonyl (C=O) groups is 1. The number of hydrogen-bond donors (Lipinski definition) is 0. The van der Waals surface area contributed by atoms with E-state index in [0.717, 1.165) is 92.9 Å². The maximum atomic E-state index is 13.6. The lowest BCUT2D eigenvalue weighted by molar-refractivity contribution is 0.0790. The minimum absolute atomic E-state index is 0.00423. The van der Waals surface area contributed by atoms with Crippen molar-refractivity contribution in [1.82, 2.24) is 24.8 Å². The molecule has 9 nitrogen and oxygen atoms in total. The molecular weight excluding hydrogens is 531 g/mol. The summed E-state index contributed by atoms with van der Waals surface area (Å²) in [5.41, 5.74) is 3.31. The average Bonchev–Trinajstić information content (AvgIpc) is 3.42. The van der Waals surface area contributed by atoms with Crippen molar-refractivity contribution >= 4 is 23.5 Å². The smallest absolute Gasteiger partial charge is 0.255 e. The lowest BCUT2D eigenvalue weighted by Crippen LogP contribution is -2.47. The van der Waals surface area contributed by atoms with E-state index in [1.54, 1.807) is 23.2 Å². The van der Waals surface area contributed by atoms with Crippen molar-refractivity contribution in [3.63, 3.8) is 0 Å². The van der Waals surface area contributed by atoms with Crippen LogP contribution in [0.2, 0.25) is 0 Å². The molecule has 2 fully saturated rings. The molecule has 3 aromatic rings. The summed E-state index contributed by atoms with van der Waals surface area (Å²) in [5, 5.41) is 0. The largest absolute Gasteiger partial charge is 0.353 e. The number of amides is 1. The summed E-state index contributed by atoms with van der Waals surface area (Å²) in [4.78, 5) is 38.4. The Bertz CT molecular complexity index is 1370. The van der Waals surface area contributed by atoms with Crippen LogP contribution >= 0.6 is 0 Å². The van der Waals surface area contributed by atoms with Crippen LogP contribution in [0.1, 0.15) is 42.1 Å². The predicted octanol–water partition coefficient (Wildman–Crippen LogP) is 4.33. The molecule has 5 rings (SSSR count). The normalized spacial score (nSPS) is 17.3. The molecule has 0 N–H and O–H groups in total. The molecule has 0 saturated carbocycles. The van der Waals surface area contributed by atoms with E-state index in [4.69, 9.17) is 15.0 Å². The van der Waals surface area contributed by atoms with Gasteiger partial charge in [-0.3, -0.25) is 4.79 Å². The molecule has 1 atom stereocenters. The topological polar surface area (TPSA) is 71.9 Å². The van der Waals surface area contributed by atoms with Crippen LogP contribution in [0, 0.1) is 12.7 Å². The van der Waals surface area contributed by atoms with Crippen LogP contribution in [-0.4, -0.2) is 104 Å². The molecule has 1 amide bonds. The lowest BCUT2D eigenvalue weighted by Gasteiger charge is -2.37. The third kappa shape index (κ3) is 6.81. The van der Waals surface area contributed by atoms with Crippen LogP contribution in [0.15, 0.2) is 42.6 Å². The van der Waals surface area contributed by atoms with Crippen LogP contribution < -0.4 is 14.7 Å². The maximum Gasteiger partial charge on any atom is 0.255 e. The standard InChI is InChI=1S/C32H43FN8O/c1-23-20-26(31(42)38(5)14-7-13-37(3)4)22-34-30(23)40-18-16-39(17-19-40)29-21-28(25-9-11-27(33)12-10-25)35-32(36-29)41-15-6-8-24(41)2/h9-12,20-22,24H,6-8,13-19H2,1-5H3. The Morgan fingerprint density at radius 2 is 1.69 bits per heavy atom. The van der Waals surface area contributed by atoms with Gasteiger partial charge in [-0.2, -0.15) is 4.98 Å². The second-order valence-electron chi connectivity index (χ2n) is 11.8. The summed E-state index contributed by atoms with van der Waals surface area (Å²) in [6, 6.07) is 10.9. The van der Waals surface area contributed by atoms with Crippen LogP contribution in [-0.2, 0) is 0 Å². The monoisotopic (exact) mass is 574 g/mol. The van der Waals surface area contributed by atoms with Crippen molar-refractivity contribution in [1.29, 1.82) is 0 Å². The Kier molecular flexibility index (Phi) is 9.21. The highest BCUT2D eigenvalue weighted by atomic mass is 19.1. The molecular formula is C32H43FN8O. The third-order valence-electron chi connectivity index (χ3n) is 8.30. The molecule has 224 valence electrons. The minimum atomic E-state index is -0.258. The molecule has 4 heterocycles. The van der Waals surface area contributed by atoms with Crippen LogP contribution in [0.4, 0.5) is 22.0 Å². The molecule has 2 aliphatic rings. The number of nitrogens with zero attached hydrogens (tertiary/aromatic N) is 8. The Balaban J connectivity index is 1.29. The first kappa shape index (κ1) is 29.7. The van der Waals surface area contributed by atoms with E-state index in [1.807, 2.05) is 40.2 Å². The number of halogens is 1. The van der Waals surface area contributed by atoms with Gasteiger partial charge >= 0.3 is 0 Å². The zero-order valence-electron chi connectivity index (χ0n) is 25.6. The highest BCUT2D eigenvalue weighted by molar-refractivity contribution is 5.94. The number of aromatic nitrogens is 3. The first-order chi connectivity index (χ1) is 20.2. The lowest BCUT2D eigenvalue weighted by atomic mass is 10.1. The van der Waals surface area contributed by atoms with E-state index in [0.29, 0.717) is 18.2 Å². The van der Waals surface area contributed by atoms with E-state index in [1.165, 1.54) is 12.1 Å². The number of benzene rings is 1. The predicted molar refractivity (Wildman–Crippen MR) is 167 cm³/mol. The van der Waals surface area contributed by atoms with E-state index in [-0.39, 0.29) is 11.7 Å². The first-order valence-corrected chi connectivity index (χ1v) is 15.0. The molecule has 2 aliphatic heterocycles. The molecule has 10 heteroatoms. The van der Waals surface area contributed by atoms with Gasteiger partial charge in [-0.15, -0.1) is 0 Å². The third-order valence-corrected chi connectivity index (χ3v) is 8.30. The molecule has 2 saturated heterocycles. The molecule has 0 bridgehead atoms. The van der Waals surface area contributed by atoms with E-state index < -0.39 is 0 Å². The number of hydrogen-bond acceptors (Lipinski definition) is 8. The average molecular weight is 575 g/mol. The fourth-order valence-electron chi connectivity index (χ4n) is 5.82. The van der Waals surface area contributed by atoms with Crippen LogP contribution in [0.5, 0.6) is 0 Å². The van der Waals surface area contributed by atoms with Crippen LogP contribution in [0.3, 0.4) is 0 Å². The van der Waals surface area contributed by atoms with Gasteiger partial charge in [0.05, 0.1) is 11.3 Å². The van der Waals surface area contributed by atoms with Crippen molar-refractivity contribution in [2.75, 3.05) is 81.7 Å². The molecule has 0 aliphatic carbocycles. The highest BCUT2D eigenvalue weighted by Crippen LogP contribution is 2.30. The zero-order chi connectivity index (χ0) is 29.8. The number of pyridine rings is 1. The van der Waals surface area contributed by atoms with Gasteiger partial charge in [0.25, 0.3) is 5.91 Å². The summed E-state index contributed by atoms with van der Waals surface area (Å²) in [6.07, 6.45) is 4.90. The van der Waals surface area contributed by atoms with Gasteiger partial charge in [0, 0.05) is 70.2 Å². The number of aryl methyl sites for hydroxylation is 1. The molecule has 1 unspecified atom stereocenters. The molecule has 42 heavy (non-hydrogen) atoms. The zero-order valence-corrected chi connectivity index (χ0v) is 25.6. The summed E-state index contributed by atoms with van der Waals surface area (Å²) < 4.78 is 13.6. The summed E-state index contributed by atoms with van der Waals surface area (Å²) in [5.74, 6) is 2.29. The van der Waals surface area contributed by atoms with Gasteiger partial charge in [0.15, 0.2) is 0 Å². The van der Waals surface area contributed by atoms with E-state index >= 15 is 0 Å². The van der Waals surface area contributed by atoms with Crippen molar-refractivity contribution in [2.24, 2.45) is 0 Å². The number of carbonyl (C=O) groups excluding carboxylic acids is 1. The Labute approximate surface area is 249 Å². The fourth-order valence-corrected chi connectivity index (χ4v) is 5.82. The Morgan fingerprint density at radius 3 is 2.33 bits per heavy atom. The highest BCUT2D eigenvalue weighted by Gasteiger charge is 2.27. The quantitative estimate of drug-likeness (QED) is 0.374. The molecule has 0 spiro atoms. The number of anilines is 3. The van der Waals surface area contributed by atoms with Gasteiger partial charge in [-0.25, -0.2) is 14.4 Å². The Morgan fingerprint density at radius 1 is 0.976 bits per heavy atom. The van der Waals surface area contributed by atoms with Crippen molar-refractivity contribution in [3.05, 3.63) is 59.5 Å². The second kappa shape index (κ2) is 13.0. The van der Waals surface area contributed by atoms with Gasteiger partial charge in [0.2, 0.25) is 5.95 Å². The van der Waals surface area contributed by atoms with E-state index in [9.17, 15) is 9.18 Å². The minimum Gasteiger partial charge on any atom is -0.353 e. The fraction of sp³-hybridized carbons (Fsp3) is 0.500. The summed E-state index contributed by atoms with van der Waals surface area (Å²) >= 11 is 0. The number of rotatable bonds is 9. The van der Waals surface area contributed by atoms with Crippen molar-refractivity contribution in [3.8, 4) is 11.3 Å². The summed E-state index contributed by atoms with van der Waals surface area (Å²) in [7, 11) is 5.93. The van der Waals surface area contributed by atoms with E-state index in [2.05, 4.69) is 26.5 Å². The van der Waals surface area contributed by atoms with Gasteiger partial charge in [0.1, 0.15) is 17.5 Å². The van der Waals surface area contributed by atoms with Crippen molar-refractivity contribution in [2.45, 2.75) is 39.2 Å². The van der Waals surface area contributed by atoms with Gasteiger partial charge in [-0.1, -0.05) is 0 Å². The summed E-state index contributed by atoms with van der Waals surface area (Å²) in [6.45, 7) is 9.99. The first-order valence-electron chi connectivity index (χ1n) is 15.0. The molecule has 2 aromatic heterocycles. The molecule has 1 aromatic carbocycles. The van der Waals surface area contributed by atoms with Gasteiger partial charge in [-0.05, 0) is 89.6 Å². The Hall–Kier alpha value is -3.79. The maximum absolute atomic E-state index is 13.6.